The van der Waals surface area contributed by atoms with Crippen LogP contribution >= 0.6 is 11.6 Å². The second-order valence-electron chi connectivity index (χ2n) is 7.80. The third kappa shape index (κ3) is 4.25. The van der Waals surface area contributed by atoms with Crippen LogP contribution in [0.15, 0.2) is 54.6 Å². The highest BCUT2D eigenvalue weighted by Gasteiger charge is 2.16. The van der Waals surface area contributed by atoms with Crippen molar-refractivity contribution in [2.45, 2.75) is 27.7 Å². The molecule has 3 aromatic carbocycles. The summed E-state index contributed by atoms with van der Waals surface area (Å²) in [7, 11) is 0. The lowest BCUT2D eigenvalue weighted by Crippen LogP contribution is -2.03. The molecule has 1 aromatic heterocycles. The summed E-state index contributed by atoms with van der Waals surface area (Å²) < 4.78 is 0. The van der Waals surface area contributed by atoms with Crippen molar-refractivity contribution >= 4 is 46.0 Å². The van der Waals surface area contributed by atoms with Crippen molar-refractivity contribution in [1.29, 1.82) is 0 Å². The van der Waals surface area contributed by atoms with Crippen molar-refractivity contribution in [3.05, 3.63) is 81.9 Å². The van der Waals surface area contributed by atoms with E-state index in [2.05, 4.69) is 49.3 Å². The van der Waals surface area contributed by atoms with Crippen LogP contribution in [0.25, 0.3) is 28.1 Å². The van der Waals surface area contributed by atoms with Crippen molar-refractivity contribution in [3.63, 3.8) is 0 Å². The first-order valence-electron chi connectivity index (χ1n) is 10.2. The first kappa shape index (κ1) is 20.9. The van der Waals surface area contributed by atoms with Gasteiger partial charge in [0.1, 0.15) is 5.82 Å². The van der Waals surface area contributed by atoms with Crippen LogP contribution in [0.4, 0.5) is 17.5 Å². The van der Waals surface area contributed by atoms with Crippen LogP contribution in [0.1, 0.15) is 29.2 Å². The second-order valence-corrected chi connectivity index (χ2v) is 8.24. The van der Waals surface area contributed by atoms with Crippen LogP contribution < -0.4 is 11.1 Å². The van der Waals surface area contributed by atoms with Gasteiger partial charge < -0.3 is 11.1 Å². The van der Waals surface area contributed by atoms with Gasteiger partial charge in [-0.2, -0.15) is 4.98 Å². The molecule has 31 heavy (non-hydrogen) atoms. The lowest BCUT2D eigenvalue weighted by atomic mass is 9.92. The number of hydrogen-bond acceptors (Lipinski definition) is 4. The van der Waals surface area contributed by atoms with Crippen LogP contribution in [-0.4, -0.2) is 9.97 Å². The smallest absolute Gasteiger partial charge is 0.229 e. The van der Waals surface area contributed by atoms with Crippen LogP contribution in [0.2, 0.25) is 5.02 Å². The molecule has 0 bridgehead atoms. The largest absolute Gasteiger partial charge is 0.383 e. The Morgan fingerprint density at radius 2 is 1.61 bits per heavy atom. The predicted octanol–water partition coefficient (Wildman–Crippen LogP) is 7.23. The highest BCUT2D eigenvalue weighted by atomic mass is 35.5. The van der Waals surface area contributed by atoms with Gasteiger partial charge in [-0.3, -0.25) is 0 Å². The minimum absolute atomic E-state index is 0.393. The zero-order valence-corrected chi connectivity index (χ0v) is 18.9. The average Bonchev–Trinajstić information content (AvgIpc) is 2.70. The molecule has 0 saturated carbocycles. The first-order chi connectivity index (χ1) is 14.9. The van der Waals surface area contributed by atoms with Gasteiger partial charge in [-0.15, -0.1) is 0 Å². The summed E-state index contributed by atoms with van der Waals surface area (Å²) in [4.78, 5) is 9.30. The Hall–Kier alpha value is -3.37. The number of nitrogen functional groups attached to an aromatic ring is 1. The fourth-order valence-electron chi connectivity index (χ4n) is 3.94. The van der Waals surface area contributed by atoms with Gasteiger partial charge >= 0.3 is 0 Å². The van der Waals surface area contributed by atoms with Crippen LogP contribution in [0.3, 0.4) is 0 Å². The SMILES string of the molecule is C/C=C/c1cc(C)c(-c2cc(Cl)cc3c(N)nc(Nc4ccc(C)cc4)nc23)c(C)c1. The van der Waals surface area contributed by atoms with Gasteiger partial charge in [0, 0.05) is 21.7 Å². The number of fused-ring (bicyclic) bond motifs is 1. The molecule has 0 unspecified atom stereocenters. The average molecular weight is 429 g/mol. The number of nitrogens with zero attached hydrogens (tertiary/aromatic N) is 2. The fourth-order valence-corrected chi connectivity index (χ4v) is 4.16. The van der Waals surface area contributed by atoms with E-state index in [1.165, 1.54) is 11.1 Å². The van der Waals surface area contributed by atoms with Gasteiger partial charge in [0.25, 0.3) is 0 Å². The molecular formula is C26H25ClN4. The molecule has 0 aliphatic carbocycles. The minimum atomic E-state index is 0.393. The van der Waals surface area contributed by atoms with E-state index in [0.29, 0.717) is 16.8 Å². The molecule has 4 aromatic rings. The summed E-state index contributed by atoms with van der Waals surface area (Å²) in [6, 6.07) is 16.2. The number of nitrogens with one attached hydrogen (secondary N) is 1. The van der Waals surface area contributed by atoms with Gasteiger partial charge in [-0.05, 0) is 74.2 Å². The molecular weight excluding hydrogens is 404 g/mol. The Labute approximate surface area is 187 Å². The van der Waals surface area contributed by atoms with E-state index in [1.54, 1.807) is 0 Å². The maximum atomic E-state index is 6.48. The van der Waals surface area contributed by atoms with E-state index in [0.717, 1.165) is 38.8 Å². The monoisotopic (exact) mass is 428 g/mol. The van der Waals surface area contributed by atoms with Gasteiger partial charge in [-0.1, -0.05) is 53.6 Å². The number of benzene rings is 3. The van der Waals surface area contributed by atoms with Crippen LogP contribution in [0, 0.1) is 20.8 Å². The topological polar surface area (TPSA) is 63.8 Å². The molecule has 5 heteroatoms. The molecule has 0 aliphatic rings. The summed E-state index contributed by atoms with van der Waals surface area (Å²) in [5, 5.41) is 4.62. The minimum Gasteiger partial charge on any atom is -0.383 e. The number of aromatic nitrogens is 2. The van der Waals surface area contributed by atoms with E-state index in [-0.39, 0.29) is 0 Å². The van der Waals surface area contributed by atoms with Crippen LogP contribution in [-0.2, 0) is 0 Å². The summed E-state index contributed by atoms with van der Waals surface area (Å²) >= 11 is 6.48. The zero-order chi connectivity index (χ0) is 22.1. The molecule has 0 radical (unpaired) electrons. The lowest BCUT2D eigenvalue weighted by molar-refractivity contribution is 1.22. The Bertz CT molecular complexity index is 1280. The number of hydrogen-bond donors (Lipinski definition) is 2. The summed E-state index contributed by atoms with van der Waals surface area (Å²) in [5.41, 5.74) is 14.7. The summed E-state index contributed by atoms with van der Waals surface area (Å²) in [5.74, 6) is 0.850. The molecule has 4 nitrogen and oxygen atoms in total. The van der Waals surface area contributed by atoms with Gasteiger partial charge in [0.2, 0.25) is 5.95 Å². The van der Waals surface area contributed by atoms with E-state index in [1.807, 2.05) is 49.4 Å². The Balaban J connectivity index is 1.91. The maximum Gasteiger partial charge on any atom is 0.229 e. The number of anilines is 3. The molecule has 0 saturated heterocycles. The molecule has 4 rings (SSSR count). The third-order valence-electron chi connectivity index (χ3n) is 5.29. The quantitative estimate of drug-likeness (QED) is 0.359. The van der Waals surface area contributed by atoms with Crippen molar-refractivity contribution in [3.8, 4) is 11.1 Å². The highest BCUT2D eigenvalue weighted by molar-refractivity contribution is 6.32. The second kappa shape index (κ2) is 8.40. The molecule has 0 spiro atoms. The fraction of sp³-hybridized carbons (Fsp3) is 0.154. The normalized spacial score (nSPS) is 11.4. The van der Waals surface area contributed by atoms with Crippen molar-refractivity contribution in [2.24, 2.45) is 0 Å². The summed E-state index contributed by atoms with van der Waals surface area (Å²) in [6.45, 7) is 8.29. The lowest BCUT2D eigenvalue weighted by Gasteiger charge is -2.16. The standard InChI is InChI=1S/C26H25ClN4/c1-5-6-18-11-16(3)23(17(4)12-18)21-13-19(27)14-22-24(21)30-26(31-25(22)28)29-20-9-7-15(2)8-10-20/h5-14H,1-4H3,(H3,28,29,30,31)/b6-5+. The molecule has 0 aliphatic heterocycles. The molecule has 3 N–H and O–H groups in total. The summed E-state index contributed by atoms with van der Waals surface area (Å²) in [6.07, 6.45) is 4.14. The van der Waals surface area contributed by atoms with Crippen molar-refractivity contribution in [1.82, 2.24) is 9.97 Å². The van der Waals surface area contributed by atoms with E-state index in [9.17, 15) is 0 Å². The number of rotatable bonds is 4. The number of allylic oxidation sites excluding steroid dienone is 1. The van der Waals surface area contributed by atoms with Gasteiger partial charge in [0.05, 0.1) is 5.52 Å². The number of halogens is 1. The van der Waals surface area contributed by atoms with E-state index >= 15 is 0 Å². The first-order valence-corrected chi connectivity index (χ1v) is 10.6. The molecule has 0 atom stereocenters. The Morgan fingerprint density at radius 3 is 2.26 bits per heavy atom. The molecule has 0 amide bonds. The Kier molecular flexibility index (Phi) is 5.66. The Morgan fingerprint density at radius 1 is 0.935 bits per heavy atom. The van der Waals surface area contributed by atoms with Crippen LogP contribution in [0.5, 0.6) is 0 Å². The van der Waals surface area contributed by atoms with E-state index in [4.69, 9.17) is 22.3 Å². The number of aryl methyl sites for hydroxylation is 3. The van der Waals surface area contributed by atoms with Gasteiger partial charge in [-0.25, -0.2) is 4.98 Å². The highest BCUT2D eigenvalue weighted by Crippen LogP contribution is 2.37. The molecule has 156 valence electrons. The van der Waals surface area contributed by atoms with E-state index < -0.39 is 0 Å². The third-order valence-corrected chi connectivity index (χ3v) is 5.50. The predicted molar refractivity (Wildman–Crippen MR) is 133 cm³/mol. The van der Waals surface area contributed by atoms with Gasteiger partial charge in [0.15, 0.2) is 0 Å². The number of nitrogens with two attached hydrogens (primary N) is 1. The maximum absolute atomic E-state index is 6.48. The van der Waals surface area contributed by atoms with Crippen molar-refractivity contribution in [2.75, 3.05) is 11.1 Å². The zero-order valence-electron chi connectivity index (χ0n) is 18.1. The molecule has 1 heterocycles. The van der Waals surface area contributed by atoms with Crippen molar-refractivity contribution < 1.29 is 0 Å². The molecule has 0 fully saturated rings.